The lowest BCUT2D eigenvalue weighted by Crippen LogP contribution is -2.32. The van der Waals surface area contributed by atoms with Gasteiger partial charge in [0, 0.05) is 26.1 Å². The summed E-state index contributed by atoms with van der Waals surface area (Å²) >= 11 is 0. The summed E-state index contributed by atoms with van der Waals surface area (Å²) in [6.45, 7) is 9.64. The van der Waals surface area contributed by atoms with Crippen LogP contribution in [0.3, 0.4) is 0 Å². The third kappa shape index (κ3) is 4.47. The van der Waals surface area contributed by atoms with Gasteiger partial charge in [-0.2, -0.15) is 0 Å². The van der Waals surface area contributed by atoms with Gasteiger partial charge in [0.2, 0.25) is 11.8 Å². The summed E-state index contributed by atoms with van der Waals surface area (Å²) in [6.07, 6.45) is 6.27. The third-order valence-electron chi connectivity index (χ3n) is 5.26. The molecule has 5 nitrogen and oxygen atoms in total. The maximum Gasteiger partial charge on any atom is 0.217 e. The van der Waals surface area contributed by atoms with Crippen molar-refractivity contribution in [2.75, 3.05) is 11.9 Å². The van der Waals surface area contributed by atoms with Crippen molar-refractivity contribution in [3.8, 4) is 0 Å². The van der Waals surface area contributed by atoms with Crippen LogP contribution in [-0.2, 0) is 6.42 Å². The minimum absolute atomic E-state index is 0.485. The van der Waals surface area contributed by atoms with E-state index in [2.05, 4.69) is 47.3 Å². The van der Waals surface area contributed by atoms with Crippen molar-refractivity contribution in [1.29, 1.82) is 0 Å². The second-order valence-corrected chi connectivity index (χ2v) is 7.43. The van der Waals surface area contributed by atoms with Crippen LogP contribution in [0.25, 0.3) is 0 Å². The molecule has 1 aliphatic carbocycles. The van der Waals surface area contributed by atoms with Crippen LogP contribution < -0.4 is 5.32 Å². The lowest BCUT2D eigenvalue weighted by molar-refractivity contribution is 0.229. The van der Waals surface area contributed by atoms with E-state index in [1.165, 1.54) is 5.57 Å². The first-order valence-electron chi connectivity index (χ1n) is 9.15. The first-order chi connectivity index (χ1) is 12.0. The summed E-state index contributed by atoms with van der Waals surface area (Å²) in [5.41, 5.74) is 1.43. The average Bonchev–Trinajstić information content (AvgIpc) is 3.00. The van der Waals surface area contributed by atoms with Gasteiger partial charge in [-0.1, -0.05) is 31.6 Å². The van der Waals surface area contributed by atoms with Crippen molar-refractivity contribution in [3.63, 3.8) is 0 Å². The molecule has 0 bridgehead atoms. The van der Waals surface area contributed by atoms with Crippen LogP contribution in [0.1, 0.15) is 39.0 Å². The molecule has 0 aliphatic heterocycles. The van der Waals surface area contributed by atoms with Crippen molar-refractivity contribution in [3.05, 3.63) is 47.8 Å². The van der Waals surface area contributed by atoms with Crippen LogP contribution in [0.5, 0.6) is 0 Å². The topological polar surface area (TPSA) is 63.8 Å². The molecule has 0 saturated heterocycles. The van der Waals surface area contributed by atoms with Gasteiger partial charge in [0.05, 0.1) is 0 Å². The highest BCUT2D eigenvalue weighted by Gasteiger charge is 2.32. The number of hydrogen-bond acceptors (Lipinski definition) is 5. The van der Waals surface area contributed by atoms with Gasteiger partial charge in [0.1, 0.15) is 5.82 Å². The second-order valence-electron chi connectivity index (χ2n) is 7.43. The van der Waals surface area contributed by atoms with Crippen LogP contribution in [0.4, 0.5) is 5.82 Å². The molecule has 3 rings (SSSR count). The first-order valence-corrected chi connectivity index (χ1v) is 9.15. The highest BCUT2D eigenvalue weighted by Crippen LogP contribution is 2.38. The van der Waals surface area contributed by atoms with E-state index in [4.69, 9.17) is 4.42 Å². The molecule has 3 atom stereocenters. The fourth-order valence-electron chi connectivity index (χ4n) is 3.83. The Balaban J connectivity index is 1.70. The van der Waals surface area contributed by atoms with Crippen molar-refractivity contribution in [2.45, 2.75) is 40.5 Å². The molecular formula is C20H28N4O. The van der Waals surface area contributed by atoms with Gasteiger partial charge in [0.15, 0.2) is 0 Å². The number of hydrogen-bond donors (Lipinski definition) is 1. The number of pyridine rings is 1. The third-order valence-corrected chi connectivity index (χ3v) is 5.26. The monoisotopic (exact) mass is 340 g/mol. The zero-order valence-electron chi connectivity index (χ0n) is 15.6. The number of allylic oxidation sites excluding steroid dienone is 1. The molecule has 2 heterocycles. The van der Waals surface area contributed by atoms with Crippen LogP contribution in [-0.4, -0.2) is 21.7 Å². The minimum atomic E-state index is 0.485. The maximum absolute atomic E-state index is 5.59. The maximum atomic E-state index is 5.59. The predicted octanol–water partition coefficient (Wildman–Crippen LogP) is 4.28. The highest BCUT2D eigenvalue weighted by atomic mass is 16.4. The molecule has 0 saturated carbocycles. The molecule has 1 N–H and O–H groups in total. The van der Waals surface area contributed by atoms with Crippen molar-refractivity contribution in [2.24, 2.45) is 23.7 Å². The van der Waals surface area contributed by atoms with Gasteiger partial charge in [-0.25, -0.2) is 4.98 Å². The molecule has 0 aromatic carbocycles. The smallest absolute Gasteiger partial charge is 0.217 e. The van der Waals surface area contributed by atoms with Gasteiger partial charge in [-0.15, -0.1) is 10.2 Å². The molecule has 5 heteroatoms. The van der Waals surface area contributed by atoms with Crippen molar-refractivity contribution < 1.29 is 4.42 Å². The Bertz CT molecular complexity index is 707. The molecule has 0 spiro atoms. The summed E-state index contributed by atoms with van der Waals surface area (Å²) in [4.78, 5) is 4.37. The largest absolute Gasteiger partial charge is 0.426 e. The number of nitrogens with zero attached hydrogens (tertiary/aromatic N) is 3. The number of nitrogens with one attached hydrogen (secondary N) is 1. The Hall–Kier alpha value is -2.17. The molecule has 0 fully saturated rings. The molecule has 25 heavy (non-hydrogen) atoms. The van der Waals surface area contributed by atoms with E-state index < -0.39 is 0 Å². The van der Waals surface area contributed by atoms with E-state index in [1.54, 1.807) is 0 Å². The predicted molar refractivity (Wildman–Crippen MR) is 99.1 cm³/mol. The molecule has 2 aromatic heterocycles. The van der Waals surface area contributed by atoms with E-state index in [1.807, 2.05) is 31.3 Å². The Morgan fingerprint density at radius 1 is 1.24 bits per heavy atom. The van der Waals surface area contributed by atoms with Gasteiger partial charge >= 0.3 is 0 Å². The first kappa shape index (κ1) is 17.6. The Labute approximate surface area is 150 Å². The van der Waals surface area contributed by atoms with Crippen LogP contribution in [0.2, 0.25) is 0 Å². The van der Waals surface area contributed by atoms with E-state index in [9.17, 15) is 0 Å². The standard InChI is InChI=1S/C20H28N4O/c1-13(2)18-10-16(11-20-24-23-15(4)25-20)14(3)9-17(18)12-22-19-7-5-6-8-21-19/h5-9,13,16-18H,10-12H2,1-4H3,(H,21,22)/t16-,17-,18-/m0/s1. The summed E-state index contributed by atoms with van der Waals surface area (Å²) in [5.74, 6) is 4.61. The van der Waals surface area contributed by atoms with Gasteiger partial charge in [0.25, 0.3) is 0 Å². The summed E-state index contributed by atoms with van der Waals surface area (Å²) in [6, 6.07) is 5.97. The summed E-state index contributed by atoms with van der Waals surface area (Å²) in [5, 5.41) is 11.6. The van der Waals surface area contributed by atoms with Gasteiger partial charge in [-0.3, -0.25) is 0 Å². The number of rotatable bonds is 6. The quantitative estimate of drug-likeness (QED) is 0.795. The molecule has 0 amide bonds. The Morgan fingerprint density at radius 3 is 2.72 bits per heavy atom. The number of anilines is 1. The highest BCUT2D eigenvalue weighted by molar-refractivity contribution is 5.33. The van der Waals surface area contributed by atoms with Crippen LogP contribution in [0.15, 0.2) is 40.5 Å². The lowest BCUT2D eigenvalue weighted by atomic mass is 9.70. The lowest BCUT2D eigenvalue weighted by Gasteiger charge is -2.37. The summed E-state index contributed by atoms with van der Waals surface area (Å²) < 4.78 is 5.59. The van der Waals surface area contributed by atoms with Gasteiger partial charge < -0.3 is 9.73 Å². The van der Waals surface area contributed by atoms with E-state index in [0.717, 1.165) is 31.1 Å². The normalized spacial score (nSPS) is 23.6. The van der Waals surface area contributed by atoms with E-state index in [0.29, 0.717) is 29.6 Å². The molecule has 0 radical (unpaired) electrons. The Morgan fingerprint density at radius 2 is 2.08 bits per heavy atom. The molecule has 134 valence electrons. The van der Waals surface area contributed by atoms with Crippen LogP contribution in [0, 0.1) is 30.6 Å². The zero-order chi connectivity index (χ0) is 17.8. The van der Waals surface area contributed by atoms with Crippen molar-refractivity contribution >= 4 is 5.82 Å². The molecule has 1 aliphatic rings. The van der Waals surface area contributed by atoms with Gasteiger partial charge in [-0.05, 0) is 49.1 Å². The molecular weight excluding hydrogens is 312 g/mol. The summed E-state index contributed by atoms with van der Waals surface area (Å²) in [7, 11) is 0. The molecule has 2 aromatic rings. The van der Waals surface area contributed by atoms with E-state index >= 15 is 0 Å². The number of aryl methyl sites for hydroxylation is 1. The second kappa shape index (κ2) is 7.81. The Kier molecular flexibility index (Phi) is 5.51. The average molecular weight is 340 g/mol. The minimum Gasteiger partial charge on any atom is -0.426 e. The fourth-order valence-corrected chi connectivity index (χ4v) is 3.83. The fraction of sp³-hybridized carbons (Fsp3) is 0.550. The molecule has 0 unspecified atom stereocenters. The SMILES string of the molecule is CC1=C[C@@H](CNc2ccccn2)[C@H](C(C)C)C[C@H]1Cc1nnc(C)o1. The van der Waals surface area contributed by atoms with Crippen molar-refractivity contribution in [1.82, 2.24) is 15.2 Å². The number of aromatic nitrogens is 3. The zero-order valence-corrected chi connectivity index (χ0v) is 15.6. The van der Waals surface area contributed by atoms with Crippen LogP contribution >= 0.6 is 0 Å². The van der Waals surface area contributed by atoms with E-state index in [-0.39, 0.29) is 0 Å².